The molecule has 0 aliphatic carbocycles. The summed E-state index contributed by atoms with van der Waals surface area (Å²) in [4.78, 5) is 15.8. The molecule has 5 nitrogen and oxygen atoms in total. The number of aryl methyl sites for hydroxylation is 1. The van der Waals surface area contributed by atoms with Gasteiger partial charge < -0.3 is 15.2 Å². The van der Waals surface area contributed by atoms with Crippen molar-refractivity contribution in [1.29, 1.82) is 0 Å². The number of pyridine rings is 1. The number of nitrogens with zero attached hydrogens (tertiary/aromatic N) is 1. The predicted molar refractivity (Wildman–Crippen MR) is 83.4 cm³/mol. The molecule has 7 heteroatoms. The van der Waals surface area contributed by atoms with Gasteiger partial charge in [-0.3, -0.25) is 9.78 Å². The van der Waals surface area contributed by atoms with Gasteiger partial charge in [-0.1, -0.05) is 6.07 Å². The van der Waals surface area contributed by atoms with Gasteiger partial charge in [0.1, 0.15) is 23.5 Å². The first-order chi connectivity index (χ1) is 11.5. The van der Waals surface area contributed by atoms with E-state index in [1.165, 1.54) is 13.2 Å². The van der Waals surface area contributed by atoms with E-state index in [2.05, 4.69) is 10.3 Å². The summed E-state index contributed by atoms with van der Waals surface area (Å²) in [5, 5.41) is 12.3. The van der Waals surface area contributed by atoms with Crippen LogP contribution < -0.4 is 10.1 Å². The van der Waals surface area contributed by atoms with E-state index in [0.717, 1.165) is 17.7 Å². The molecule has 0 aliphatic heterocycles. The molecule has 2 rings (SSSR count). The number of aliphatic hydroxyl groups is 1. The molecule has 1 unspecified atom stereocenters. The quantitative estimate of drug-likeness (QED) is 0.813. The van der Waals surface area contributed by atoms with Crippen LogP contribution in [0.2, 0.25) is 0 Å². The SMILES string of the molecule is COc1cncc(CCC(=O)NCC(O)c2c(F)cccc2F)c1. The van der Waals surface area contributed by atoms with E-state index < -0.39 is 23.3 Å². The van der Waals surface area contributed by atoms with Crippen LogP contribution in [0.4, 0.5) is 8.78 Å². The average Bonchev–Trinajstić information content (AvgIpc) is 2.58. The molecule has 128 valence electrons. The van der Waals surface area contributed by atoms with Crippen molar-refractivity contribution in [2.24, 2.45) is 0 Å². The summed E-state index contributed by atoms with van der Waals surface area (Å²) >= 11 is 0. The minimum atomic E-state index is -1.45. The second-order valence-electron chi connectivity index (χ2n) is 5.19. The molecule has 0 saturated heterocycles. The van der Waals surface area contributed by atoms with Crippen molar-refractivity contribution in [3.8, 4) is 5.75 Å². The zero-order chi connectivity index (χ0) is 17.5. The third-order valence-electron chi connectivity index (χ3n) is 3.47. The lowest BCUT2D eigenvalue weighted by atomic mass is 10.1. The Bertz CT molecular complexity index is 690. The number of halogens is 2. The second kappa shape index (κ2) is 8.35. The van der Waals surface area contributed by atoms with Crippen LogP contribution in [0.3, 0.4) is 0 Å². The smallest absolute Gasteiger partial charge is 0.220 e. The first-order valence-electron chi connectivity index (χ1n) is 7.38. The maximum Gasteiger partial charge on any atom is 0.220 e. The van der Waals surface area contributed by atoms with Gasteiger partial charge in [-0.15, -0.1) is 0 Å². The van der Waals surface area contributed by atoms with E-state index in [-0.39, 0.29) is 18.9 Å². The molecule has 0 aliphatic rings. The van der Waals surface area contributed by atoms with Crippen molar-refractivity contribution in [3.05, 3.63) is 59.4 Å². The van der Waals surface area contributed by atoms with Crippen LogP contribution in [0.1, 0.15) is 23.7 Å². The van der Waals surface area contributed by atoms with Crippen LogP contribution in [-0.4, -0.2) is 29.7 Å². The number of hydrogen-bond acceptors (Lipinski definition) is 4. The number of amides is 1. The molecule has 0 radical (unpaired) electrons. The molecule has 24 heavy (non-hydrogen) atoms. The summed E-state index contributed by atoms with van der Waals surface area (Å²) in [6.07, 6.45) is 2.32. The summed E-state index contributed by atoms with van der Waals surface area (Å²) in [6.45, 7) is -0.271. The summed E-state index contributed by atoms with van der Waals surface area (Å²) in [5.41, 5.74) is 0.375. The number of aliphatic hydroxyl groups excluding tert-OH is 1. The summed E-state index contributed by atoms with van der Waals surface area (Å²) in [5.74, 6) is -1.44. The highest BCUT2D eigenvalue weighted by atomic mass is 19.1. The van der Waals surface area contributed by atoms with Gasteiger partial charge in [0.15, 0.2) is 0 Å². The normalized spacial score (nSPS) is 11.8. The topological polar surface area (TPSA) is 71.5 Å². The molecular weight excluding hydrogens is 318 g/mol. The number of hydrogen-bond donors (Lipinski definition) is 2. The first-order valence-corrected chi connectivity index (χ1v) is 7.38. The Morgan fingerprint density at radius 1 is 1.33 bits per heavy atom. The van der Waals surface area contributed by atoms with Gasteiger partial charge in [0.2, 0.25) is 5.91 Å². The summed E-state index contributed by atoms with van der Waals surface area (Å²) in [7, 11) is 1.52. The Kier molecular flexibility index (Phi) is 6.20. The Labute approximate surface area is 138 Å². The number of carbonyl (C=O) groups excluding carboxylic acids is 1. The molecule has 0 spiro atoms. The molecule has 1 atom stereocenters. The fraction of sp³-hybridized carbons (Fsp3) is 0.294. The lowest BCUT2D eigenvalue weighted by Crippen LogP contribution is -2.29. The molecule has 1 amide bonds. The van der Waals surface area contributed by atoms with Crippen molar-refractivity contribution in [3.63, 3.8) is 0 Å². The van der Waals surface area contributed by atoms with Crippen molar-refractivity contribution in [2.75, 3.05) is 13.7 Å². The number of aromatic nitrogens is 1. The number of methoxy groups -OCH3 is 1. The summed E-state index contributed by atoms with van der Waals surface area (Å²) in [6, 6.07) is 5.09. The van der Waals surface area contributed by atoms with Crippen molar-refractivity contribution in [1.82, 2.24) is 10.3 Å². The van der Waals surface area contributed by atoms with Crippen LogP contribution in [0, 0.1) is 11.6 Å². The highest BCUT2D eigenvalue weighted by Crippen LogP contribution is 2.20. The van der Waals surface area contributed by atoms with Crippen LogP contribution >= 0.6 is 0 Å². The predicted octanol–water partition coefficient (Wildman–Crippen LogP) is 2.15. The zero-order valence-corrected chi connectivity index (χ0v) is 13.1. The van der Waals surface area contributed by atoms with Gasteiger partial charge in [-0.2, -0.15) is 0 Å². The standard InChI is InChI=1S/C17H18F2N2O3/c1-24-12-7-11(8-20-9-12)5-6-16(23)21-10-15(22)17-13(18)3-2-4-14(17)19/h2-4,7-9,15,22H,5-6,10H2,1H3,(H,21,23). The first kappa shape index (κ1) is 17.8. The van der Waals surface area contributed by atoms with Crippen LogP contribution in [-0.2, 0) is 11.2 Å². The van der Waals surface area contributed by atoms with E-state index in [4.69, 9.17) is 4.74 Å². The van der Waals surface area contributed by atoms with Gasteiger partial charge in [0.05, 0.1) is 18.9 Å². The number of carbonyl (C=O) groups is 1. The largest absolute Gasteiger partial charge is 0.495 e. The Balaban J connectivity index is 1.84. The maximum atomic E-state index is 13.5. The van der Waals surface area contributed by atoms with E-state index >= 15 is 0 Å². The van der Waals surface area contributed by atoms with E-state index in [0.29, 0.717) is 12.2 Å². The van der Waals surface area contributed by atoms with Crippen molar-refractivity contribution in [2.45, 2.75) is 18.9 Å². The molecule has 1 heterocycles. The lowest BCUT2D eigenvalue weighted by molar-refractivity contribution is -0.121. The van der Waals surface area contributed by atoms with Gasteiger partial charge in [0, 0.05) is 19.2 Å². The zero-order valence-electron chi connectivity index (χ0n) is 13.1. The third kappa shape index (κ3) is 4.73. The molecule has 2 N–H and O–H groups in total. The monoisotopic (exact) mass is 336 g/mol. The van der Waals surface area contributed by atoms with E-state index in [1.807, 2.05) is 0 Å². The van der Waals surface area contributed by atoms with E-state index in [1.54, 1.807) is 18.5 Å². The maximum absolute atomic E-state index is 13.5. The second-order valence-corrected chi connectivity index (χ2v) is 5.19. The number of benzene rings is 1. The molecule has 0 fully saturated rings. The fourth-order valence-corrected chi connectivity index (χ4v) is 2.20. The molecule has 0 saturated carbocycles. The Morgan fingerprint density at radius 3 is 2.71 bits per heavy atom. The Morgan fingerprint density at radius 2 is 2.04 bits per heavy atom. The summed E-state index contributed by atoms with van der Waals surface area (Å²) < 4.78 is 32.1. The highest BCUT2D eigenvalue weighted by molar-refractivity contribution is 5.76. The molecule has 1 aromatic heterocycles. The van der Waals surface area contributed by atoms with Crippen LogP contribution in [0.15, 0.2) is 36.7 Å². The Hall–Kier alpha value is -2.54. The van der Waals surface area contributed by atoms with Gasteiger partial charge >= 0.3 is 0 Å². The number of nitrogens with one attached hydrogen (secondary N) is 1. The van der Waals surface area contributed by atoms with Crippen molar-refractivity contribution >= 4 is 5.91 Å². The molecular formula is C17H18F2N2O3. The minimum absolute atomic E-state index is 0.154. The van der Waals surface area contributed by atoms with E-state index in [9.17, 15) is 18.7 Å². The van der Waals surface area contributed by atoms with Crippen molar-refractivity contribution < 1.29 is 23.4 Å². The lowest BCUT2D eigenvalue weighted by Gasteiger charge is -2.14. The molecule has 2 aromatic rings. The fourth-order valence-electron chi connectivity index (χ4n) is 2.20. The van der Waals surface area contributed by atoms with Crippen LogP contribution in [0.25, 0.3) is 0 Å². The van der Waals surface area contributed by atoms with Gasteiger partial charge in [-0.25, -0.2) is 8.78 Å². The number of rotatable bonds is 7. The molecule has 1 aromatic carbocycles. The average molecular weight is 336 g/mol. The van der Waals surface area contributed by atoms with Gasteiger partial charge in [-0.05, 0) is 30.2 Å². The number of ether oxygens (including phenoxy) is 1. The van der Waals surface area contributed by atoms with Crippen LogP contribution in [0.5, 0.6) is 5.75 Å². The highest BCUT2D eigenvalue weighted by Gasteiger charge is 2.18. The molecule has 0 bridgehead atoms. The minimum Gasteiger partial charge on any atom is -0.495 e. The van der Waals surface area contributed by atoms with Gasteiger partial charge in [0.25, 0.3) is 0 Å². The third-order valence-corrected chi connectivity index (χ3v) is 3.47.